The molecule has 0 aliphatic rings. The minimum absolute atomic E-state index is 0.0435. The third-order valence-corrected chi connectivity index (χ3v) is 2.90. The molecule has 1 rings (SSSR count). The summed E-state index contributed by atoms with van der Waals surface area (Å²) in [6.07, 6.45) is 0. The van der Waals surface area contributed by atoms with Gasteiger partial charge in [0.2, 0.25) is 15.9 Å². The molecule has 0 aromatic heterocycles. The highest BCUT2D eigenvalue weighted by Gasteiger charge is 2.15. The van der Waals surface area contributed by atoms with Gasteiger partial charge in [-0.1, -0.05) is 30.3 Å². The van der Waals surface area contributed by atoms with Gasteiger partial charge in [0.1, 0.15) is 6.04 Å². The molecular formula is C10H15N3O3S. The van der Waals surface area contributed by atoms with E-state index in [1.54, 1.807) is 24.3 Å². The normalized spacial score (nSPS) is 13.1. The van der Waals surface area contributed by atoms with E-state index in [1.807, 2.05) is 6.07 Å². The number of benzene rings is 1. The van der Waals surface area contributed by atoms with E-state index in [-0.39, 0.29) is 12.3 Å². The molecule has 0 unspecified atom stereocenters. The van der Waals surface area contributed by atoms with Crippen molar-refractivity contribution in [3.05, 3.63) is 35.9 Å². The Balaban J connectivity index is 2.49. The molecule has 7 heteroatoms. The Morgan fingerprint density at radius 2 is 1.88 bits per heavy atom. The molecule has 5 N–H and O–H groups in total. The smallest absolute Gasteiger partial charge is 0.241 e. The van der Waals surface area contributed by atoms with Gasteiger partial charge in [0.05, 0.1) is 5.75 Å². The van der Waals surface area contributed by atoms with Gasteiger partial charge in [-0.25, -0.2) is 13.6 Å². The summed E-state index contributed by atoms with van der Waals surface area (Å²) in [4.78, 5) is 11.6. The van der Waals surface area contributed by atoms with Crippen molar-refractivity contribution in [3.63, 3.8) is 0 Å². The lowest BCUT2D eigenvalue weighted by Crippen LogP contribution is -2.37. The Hall–Kier alpha value is -1.44. The molecule has 0 spiro atoms. The zero-order valence-corrected chi connectivity index (χ0v) is 9.98. The summed E-state index contributed by atoms with van der Waals surface area (Å²) in [5, 5.41) is 7.21. The van der Waals surface area contributed by atoms with Gasteiger partial charge >= 0.3 is 0 Å². The number of rotatable bonds is 5. The first-order valence-electron chi connectivity index (χ1n) is 4.99. The highest BCUT2D eigenvalue weighted by molar-refractivity contribution is 7.89. The van der Waals surface area contributed by atoms with Crippen LogP contribution in [0.1, 0.15) is 11.6 Å². The molecule has 1 aromatic rings. The first kappa shape index (κ1) is 13.6. The molecule has 0 bridgehead atoms. The topological polar surface area (TPSA) is 115 Å². The number of nitrogens with two attached hydrogens (primary N) is 2. The lowest BCUT2D eigenvalue weighted by molar-refractivity contribution is -0.122. The quantitative estimate of drug-likeness (QED) is 0.633. The monoisotopic (exact) mass is 257 g/mol. The molecule has 6 nitrogen and oxygen atoms in total. The minimum Gasteiger partial charge on any atom is -0.353 e. The number of carbonyl (C=O) groups excluding carboxylic acids is 1. The van der Waals surface area contributed by atoms with Crippen molar-refractivity contribution >= 4 is 15.9 Å². The molecule has 17 heavy (non-hydrogen) atoms. The Labute approximate surface area is 100 Å². The van der Waals surface area contributed by atoms with E-state index in [4.69, 9.17) is 10.9 Å². The summed E-state index contributed by atoms with van der Waals surface area (Å²) in [6, 6.07) is 8.00. The van der Waals surface area contributed by atoms with Crippen molar-refractivity contribution in [1.29, 1.82) is 0 Å². The highest BCUT2D eigenvalue weighted by Crippen LogP contribution is 2.08. The van der Waals surface area contributed by atoms with Crippen LogP contribution in [0, 0.1) is 0 Å². The largest absolute Gasteiger partial charge is 0.353 e. The van der Waals surface area contributed by atoms with Gasteiger partial charge in [-0.3, -0.25) is 4.79 Å². The zero-order chi connectivity index (χ0) is 12.9. The Morgan fingerprint density at radius 3 is 2.41 bits per heavy atom. The molecule has 0 aliphatic carbocycles. The second-order valence-corrected chi connectivity index (χ2v) is 5.28. The second kappa shape index (κ2) is 5.76. The Kier molecular flexibility index (Phi) is 4.62. The average molecular weight is 257 g/mol. The average Bonchev–Trinajstić information content (AvgIpc) is 2.27. The molecular weight excluding hydrogens is 242 g/mol. The van der Waals surface area contributed by atoms with Crippen molar-refractivity contribution < 1.29 is 13.2 Å². The fraction of sp³-hybridized carbons (Fsp3) is 0.300. The Bertz CT molecular complexity index is 473. The summed E-state index contributed by atoms with van der Waals surface area (Å²) >= 11 is 0. The van der Waals surface area contributed by atoms with Gasteiger partial charge in [0, 0.05) is 6.54 Å². The third-order valence-electron chi connectivity index (χ3n) is 2.13. The summed E-state index contributed by atoms with van der Waals surface area (Å²) in [5.41, 5.74) is 6.36. The van der Waals surface area contributed by atoms with E-state index in [0.29, 0.717) is 5.56 Å². The SMILES string of the molecule is N[C@@H](C(=O)NCCS(N)(=O)=O)c1ccccc1. The van der Waals surface area contributed by atoms with Crippen LogP contribution in [0.25, 0.3) is 0 Å². The summed E-state index contributed by atoms with van der Waals surface area (Å²) in [5.74, 6) is -0.736. The minimum atomic E-state index is -3.57. The third kappa shape index (κ3) is 4.94. The molecule has 1 amide bonds. The van der Waals surface area contributed by atoms with Gasteiger partial charge in [0.15, 0.2) is 0 Å². The van der Waals surface area contributed by atoms with E-state index >= 15 is 0 Å². The Morgan fingerprint density at radius 1 is 1.29 bits per heavy atom. The first-order valence-corrected chi connectivity index (χ1v) is 6.70. The second-order valence-electron chi connectivity index (χ2n) is 3.55. The van der Waals surface area contributed by atoms with Gasteiger partial charge in [-0.2, -0.15) is 0 Å². The number of carbonyl (C=O) groups is 1. The van der Waals surface area contributed by atoms with Crippen LogP contribution in [-0.2, 0) is 14.8 Å². The van der Waals surface area contributed by atoms with Crippen LogP contribution < -0.4 is 16.2 Å². The van der Waals surface area contributed by atoms with Gasteiger partial charge in [-0.15, -0.1) is 0 Å². The maximum absolute atomic E-state index is 11.6. The van der Waals surface area contributed by atoms with Gasteiger partial charge < -0.3 is 11.1 Å². The molecule has 0 saturated carbocycles. The van der Waals surface area contributed by atoms with Crippen molar-refractivity contribution in [3.8, 4) is 0 Å². The van der Waals surface area contributed by atoms with Crippen LogP contribution >= 0.6 is 0 Å². The molecule has 0 fully saturated rings. The molecule has 0 aliphatic heterocycles. The summed E-state index contributed by atoms with van der Waals surface area (Å²) in [6.45, 7) is -0.0435. The number of hydrogen-bond acceptors (Lipinski definition) is 4. The summed E-state index contributed by atoms with van der Waals surface area (Å²) < 4.78 is 21.3. The fourth-order valence-corrected chi connectivity index (χ4v) is 1.62. The van der Waals surface area contributed by atoms with Crippen molar-refractivity contribution in [2.45, 2.75) is 6.04 Å². The molecule has 0 saturated heterocycles. The number of sulfonamides is 1. The fourth-order valence-electron chi connectivity index (χ4n) is 1.24. The lowest BCUT2D eigenvalue weighted by Gasteiger charge is -2.11. The number of amides is 1. The maximum Gasteiger partial charge on any atom is 0.241 e. The van der Waals surface area contributed by atoms with E-state index < -0.39 is 22.0 Å². The number of primary sulfonamides is 1. The van der Waals surface area contributed by atoms with Gasteiger partial charge in [-0.05, 0) is 5.56 Å². The van der Waals surface area contributed by atoms with Crippen LogP contribution in [0.5, 0.6) is 0 Å². The standard InChI is InChI=1S/C10H15N3O3S/c11-9(8-4-2-1-3-5-8)10(14)13-6-7-17(12,15)16/h1-5,9H,6-7,11H2,(H,13,14)(H2,12,15,16)/t9-/m1/s1. The molecule has 0 heterocycles. The van der Waals surface area contributed by atoms with E-state index in [2.05, 4.69) is 5.32 Å². The van der Waals surface area contributed by atoms with Crippen molar-refractivity contribution in [2.75, 3.05) is 12.3 Å². The van der Waals surface area contributed by atoms with Crippen molar-refractivity contribution in [1.82, 2.24) is 5.32 Å². The number of nitrogens with one attached hydrogen (secondary N) is 1. The molecule has 94 valence electrons. The van der Waals surface area contributed by atoms with Gasteiger partial charge in [0.25, 0.3) is 0 Å². The first-order chi connectivity index (χ1) is 7.90. The number of hydrogen-bond donors (Lipinski definition) is 3. The molecule has 0 radical (unpaired) electrons. The predicted octanol–water partition coefficient (Wildman–Crippen LogP) is -0.909. The molecule has 1 atom stereocenters. The maximum atomic E-state index is 11.6. The van der Waals surface area contributed by atoms with Crippen molar-refractivity contribution in [2.24, 2.45) is 10.9 Å². The lowest BCUT2D eigenvalue weighted by atomic mass is 10.1. The highest BCUT2D eigenvalue weighted by atomic mass is 32.2. The van der Waals surface area contributed by atoms with Crippen LogP contribution in [0.15, 0.2) is 30.3 Å². The van der Waals surface area contributed by atoms with E-state index in [9.17, 15) is 13.2 Å². The van der Waals surface area contributed by atoms with E-state index in [0.717, 1.165) is 0 Å². The summed E-state index contributed by atoms with van der Waals surface area (Å²) in [7, 11) is -3.57. The zero-order valence-electron chi connectivity index (χ0n) is 9.17. The molecule has 1 aromatic carbocycles. The van der Waals surface area contributed by atoms with Crippen LogP contribution in [0.4, 0.5) is 0 Å². The predicted molar refractivity (Wildman–Crippen MR) is 64.4 cm³/mol. The van der Waals surface area contributed by atoms with Crippen LogP contribution in [0.2, 0.25) is 0 Å². The van der Waals surface area contributed by atoms with Crippen LogP contribution in [-0.4, -0.2) is 26.6 Å². The van der Waals surface area contributed by atoms with Crippen LogP contribution in [0.3, 0.4) is 0 Å². The van der Waals surface area contributed by atoms with E-state index in [1.165, 1.54) is 0 Å².